The van der Waals surface area contributed by atoms with Crippen LogP contribution in [-0.4, -0.2) is 0 Å². The Bertz CT molecular complexity index is 557. The van der Waals surface area contributed by atoms with Gasteiger partial charge in [-0.05, 0) is 48.1 Å². The topological polar surface area (TPSA) is 0 Å². The standard InChI is InChI=1S/C18H18/c1-14-7-9-16(10-8-14)18-11-17(12-18,13-18)15-5-3-2-4-6-15/h2-10H,11-13H2,1H3. The van der Waals surface area contributed by atoms with Gasteiger partial charge in [-0.3, -0.25) is 0 Å². The van der Waals surface area contributed by atoms with Crippen molar-refractivity contribution >= 4 is 0 Å². The first-order chi connectivity index (χ1) is 8.73. The van der Waals surface area contributed by atoms with Gasteiger partial charge in [-0.2, -0.15) is 0 Å². The molecule has 0 aromatic heterocycles. The molecule has 2 aromatic carbocycles. The van der Waals surface area contributed by atoms with Crippen LogP contribution >= 0.6 is 0 Å². The quantitative estimate of drug-likeness (QED) is 0.724. The summed E-state index contributed by atoms with van der Waals surface area (Å²) in [5.41, 5.74) is 5.52. The molecule has 0 radical (unpaired) electrons. The lowest BCUT2D eigenvalue weighted by Crippen LogP contribution is -2.67. The van der Waals surface area contributed by atoms with Gasteiger partial charge >= 0.3 is 0 Å². The Hall–Kier alpha value is -1.56. The molecule has 0 unspecified atom stereocenters. The van der Waals surface area contributed by atoms with Crippen LogP contribution in [0.2, 0.25) is 0 Å². The van der Waals surface area contributed by atoms with Gasteiger partial charge in [0.2, 0.25) is 0 Å². The van der Waals surface area contributed by atoms with Crippen molar-refractivity contribution in [3.8, 4) is 0 Å². The summed E-state index contributed by atoms with van der Waals surface area (Å²) in [4.78, 5) is 0. The molecule has 18 heavy (non-hydrogen) atoms. The molecule has 0 spiro atoms. The van der Waals surface area contributed by atoms with Gasteiger partial charge in [-0.1, -0.05) is 60.2 Å². The van der Waals surface area contributed by atoms with E-state index >= 15 is 0 Å². The lowest BCUT2D eigenvalue weighted by Gasteiger charge is -2.71. The normalized spacial score (nSPS) is 32.5. The molecule has 0 aliphatic heterocycles. The highest BCUT2D eigenvalue weighted by Gasteiger charge is 2.68. The average Bonchev–Trinajstić information content (AvgIpc) is 2.30. The second-order valence-corrected chi connectivity index (χ2v) is 6.32. The van der Waals surface area contributed by atoms with E-state index in [1.807, 2.05) is 0 Å². The molecule has 0 heteroatoms. The number of hydrogen-bond donors (Lipinski definition) is 0. The fourth-order valence-electron chi connectivity index (χ4n) is 4.10. The van der Waals surface area contributed by atoms with Gasteiger partial charge < -0.3 is 0 Å². The molecule has 0 N–H and O–H groups in total. The summed E-state index contributed by atoms with van der Waals surface area (Å²) in [5, 5.41) is 0. The molecule has 3 aliphatic rings. The molecular formula is C18H18. The van der Waals surface area contributed by atoms with Crippen molar-refractivity contribution in [3.05, 3.63) is 71.3 Å². The molecule has 0 nitrogen and oxygen atoms in total. The molecule has 3 saturated carbocycles. The van der Waals surface area contributed by atoms with Gasteiger partial charge in [0, 0.05) is 0 Å². The fraction of sp³-hybridized carbons (Fsp3) is 0.333. The molecule has 2 bridgehead atoms. The molecule has 0 heterocycles. The number of aryl methyl sites for hydroxylation is 1. The number of hydrogen-bond acceptors (Lipinski definition) is 0. The van der Waals surface area contributed by atoms with E-state index in [0.29, 0.717) is 10.8 Å². The number of benzene rings is 2. The van der Waals surface area contributed by atoms with E-state index in [-0.39, 0.29) is 0 Å². The summed E-state index contributed by atoms with van der Waals surface area (Å²) < 4.78 is 0. The lowest BCUT2D eigenvalue weighted by atomic mass is 9.32. The summed E-state index contributed by atoms with van der Waals surface area (Å²) in [6.07, 6.45) is 4.06. The molecule has 3 aliphatic carbocycles. The molecule has 2 aromatic rings. The molecule has 5 rings (SSSR count). The maximum atomic E-state index is 2.34. The fourth-order valence-corrected chi connectivity index (χ4v) is 4.10. The van der Waals surface area contributed by atoms with Crippen LogP contribution in [0.3, 0.4) is 0 Å². The maximum Gasteiger partial charge on any atom is -0.00215 e. The Balaban J connectivity index is 1.59. The third kappa shape index (κ3) is 1.21. The van der Waals surface area contributed by atoms with Gasteiger partial charge in [-0.15, -0.1) is 0 Å². The predicted octanol–water partition coefficient (Wildman–Crippen LogP) is 4.37. The van der Waals surface area contributed by atoms with Crippen LogP contribution in [0.4, 0.5) is 0 Å². The van der Waals surface area contributed by atoms with E-state index < -0.39 is 0 Å². The highest BCUT2D eigenvalue weighted by atomic mass is 14.7. The largest absolute Gasteiger partial charge is 0.0622 e. The second-order valence-electron chi connectivity index (χ2n) is 6.32. The van der Waals surface area contributed by atoms with E-state index in [1.165, 1.54) is 24.8 Å². The van der Waals surface area contributed by atoms with Gasteiger partial charge in [0.05, 0.1) is 0 Å². The minimum Gasteiger partial charge on any atom is -0.0622 e. The Kier molecular flexibility index (Phi) is 1.88. The zero-order valence-corrected chi connectivity index (χ0v) is 10.8. The van der Waals surface area contributed by atoms with Crippen LogP contribution in [-0.2, 0) is 10.8 Å². The number of rotatable bonds is 2. The summed E-state index contributed by atoms with van der Waals surface area (Å²) >= 11 is 0. The van der Waals surface area contributed by atoms with Gasteiger partial charge in [-0.25, -0.2) is 0 Å². The first kappa shape index (κ1) is 10.4. The monoisotopic (exact) mass is 234 g/mol. The van der Waals surface area contributed by atoms with Crippen LogP contribution in [0.1, 0.15) is 36.0 Å². The van der Waals surface area contributed by atoms with E-state index in [0.717, 1.165) is 0 Å². The molecule has 0 amide bonds. The molecule has 0 atom stereocenters. The van der Waals surface area contributed by atoms with Crippen LogP contribution < -0.4 is 0 Å². The van der Waals surface area contributed by atoms with Crippen LogP contribution in [0.15, 0.2) is 54.6 Å². The van der Waals surface area contributed by atoms with Crippen molar-refractivity contribution in [1.82, 2.24) is 0 Å². The Morgan fingerprint density at radius 3 is 1.72 bits per heavy atom. The van der Waals surface area contributed by atoms with Gasteiger partial charge in [0.25, 0.3) is 0 Å². The average molecular weight is 234 g/mol. The zero-order valence-electron chi connectivity index (χ0n) is 10.8. The van der Waals surface area contributed by atoms with Crippen LogP contribution in [0.5, 0.6) is 0 Å². The zero-order chi connectivity index (χ0) is 12.2. The van der Waals surface area contributed by atoms with Crippen molar-refractivity contribution < 1.29 is 0 Å². The highest BCUT2D eigenvalue weighted by molar-refractivity contribution is 5.48. The van der Waals surface area contributed by atoms with Gasteiger partial charge in [0.1, 0.15) is 0 Å². The Morgan fingerprint density at radius 2 is 1.17 bits per heavy atom. The first-order valence-corrected chi connectivity index (χ1v) is 6.85. The van der Waals surface area contributed by atoms with E-state index in [1.54, 1.807) is 11.1 Å². The van der Waals surface area contributed by atoms with Crippen LogP contribution in [0, 0.1) is 6.92 Å². The smallest absolute Gasteiger partial charge is 0.00215 e. The summed E-state index contributed by atoms with van der Waals surface area (Å²) in [5.74, 6) is 0. The van der Waals surface area contributed by atoms with Crippen LogP contribution in [0.25, 0.3) is 0 Å². The Morgan fingerprint density at radius 1 is 0.667 bits per heavy atom. The van der Waals surface area contributed by atoms with Gasteiger partial charge in [0.15, 0.2) is 0 Å². The molecule has 0 saturated heterocycles. The van der Waals surface area contributed by atoms with Crippen molar-refractivity contribution in [2.24, 2.45) is 0 Å². The first-order valence-electron chi connectivity index (χ1n) is 6.85. The third-order valence-electron chi connectivity index (χ3n) is 5.08. The molecule has 90 valence electrons. The van der Waals surface area contributed by atoms with Crippen molar-refractivity contribution in [2.45, 2.75) is 37.0 Å². The minimum atomic E-state index is 0.517. The Labute approximate surface area is 109 Å². The van der Waals surface area contributed by atoms with E-state index in [2.05, 4.69) is 61.5 Å². The SMILES string of the molecule is Cc1ccc(C23CC(c4ccccc4)(C2)C3)cc1. The van der Waals surface area contributed by atoms with E-state index in [4.69, 9.17) is 0 Å². The van der Waals surface area contributed by atoms with Crippen molar-refractivity contribution in [1.29, 1.82) is 0 Å². The van der Waals surface area contributed by atoms with E-state index in [9.17, 15) is 0 Å². The second kappa shape index (κ2) is 3.26. The minimum absolute atomic E-state index is 0.517. The summed E-state index contributed by atoms with van der Waals surface area (Å²) in [6.45, 7) is 2.16. The highest BCUT2D eigenvalue weighted by Crippen LogP contribution is 2.73. The lowest BCUT2D eigenvalue weighted by molar-refractivity contribution is -0.0693. The van der Waals surface area contributed by atoms with Crippen molar-refractivity contribution in [2.75, 3.05) is 0 Å². The summed E-state index contributed by atoms with van der Waals surface area (Å²) in [7, 11) is 0. The van der Waals surface area contributed by atoms with Crippen molar-refractivity contribution in [3.63, 3.8) is 0 Å². The molecule has 3 fully saturated rings. The third-order valence-corrected chi connectivity index (χ3v) is 5.08. The maximum absolute atomic E-state index is 2.34. The molecular weight excluding hydrogens is 216 g/mol. The predicted molar refractivity (Wildman–Crippen MR) is 74.8 cm³/mol. The summed E-state index contributed by atoms with van der Waals surface area (Å²) in [6, 6.07) is 20.3.